The van der Waals surface area contributed by atoms with Gasteiger partial charge in [-0.25, -0.2) is 0 Å². The van der Waals surface area contributed by atoms with Crippen LogP contribution < -0.4 is 11.1 Å². The molecule has 2 aliphatic heterocycles. The van der Waals surface area contributed by atoms with E-state index in [9.17, 15) is 9.59 Å². The SMILES string of the molecule is CN=C(NCc1ccc(C(=O)N2CC(C)OC(C)C2)cc1)N1CCCC(CC(N)=O)C1. The Hall–Kier alpha value is -2.61. The first-order chi connectivity index (χ1) is 14.9. The number of nitrogens with two attached hydrogens (primary N) is 1. The van der Waals surface area contributed by atoms with Crippen LogP contribution in [0, 0.1) is 5.92 Å². The molecule has 2 fully saturated rings. The molecule has 1 aromatic rings. The minimum Gasteiger partial charge on any atom is -0.372 e. The van der Waals surface area contributed by atoms with Crippen molar-refractivity contribution in [3.8, 4) is 0 Å². The fourth-order valence-corrected chi connectivity index (χ4v) is 4.51. The first kappa shape index (κ1) is 23.1. The van der Waals surface area contributed by atoms with Gasteiger partial charge < -0.3 is 25.6 Å². The Kier molecular flexibility index (Phi) is 7.90. The summed E-state index contributed by atoms with van der Waals surface area (Å²) < 4.78 is 5.72. The van der Waals surface area contributed by atoms with E-state index < -0.39 is 0 Å². The van der Waals surface area contributed by atoms with Gasteiger partial charge >= 0.3 is 0 Å². The van der Waals surface area contributed by atoms with Crippen LogP contribution in [0.4, 0.5) is 0 Å². The standard InChI is InChI=1S/C23H35N5O3/c1-16-13-28(14-17(2)31-16)22(30)20-8-6-18(7-9-20)12-26-23(25-3)27-10-4-5-19(15-27)11-21(24)29/h6-9,16-17,19H,4-5,10-15H2,1-3H3,(H2,24,29)(H,25,26). The number of primary amides is 1. The summed E-state index contributed by atoms with van der Waals surface area (Å²) in [7, 11) is 1.77. The van der Waals surface area contributed by atoms with E-state index in [2.05, 4.69) is 15.2 Å². The lowest BCUT2D eigenvalue weighted by Gasteiger charge is -2.35. The van der Waals surface area contributed by atoms with Crippen LogP contribution in [-0.2, 0) is 16.1 Å². The molecule has 0 radical (unpaired) electrons. The van der Waals surface area contributed by atoms with E-state index in [1.165, 1.54) is 0 Å². The maximum absolute atomic E-state index is 12.8. The number of amides is 2. The number of hydrogen-bond acceptors (Lipinski definition) is 4. The normalized spacial score (nSPS) is 24.7. The highest BCUT2D eigenvalue weighted by Gasteiger charge is 2.27. The zero-order valence-electron chi connectivity index (χ0n) is 18.8. The van der Waals surface area contributed by atoms with E-state index in [0.29, 0.717) is 31.6 Å². The van der Waals surface area contributed by atoms with Gasteiger partial charge in [-0.1, -0.05) is 12.1 Å². The molecule has 0 aromatic heterocycles. The highest BCUT2D eigenvalue weighted by molar-refractivity contribution is 5.94. The van der Waals surface area contributed by atoms with Crippen LogP contribution in [0.5, 0.6) is 0 Å². The van der Waals surface area contributed by atoms with Crippen LogP contribution in [0.25, 0.3) is 0 Å². The minimum atomic E-state index is -0.245. The molecule has 0 aliphatic carbocycles. The number of carbonyl (C=O) groups is 2. The smallest absolute Gasteiger partial charge is 0.254 e. The molecule has 0 saturated carbocycles. The molecule has 2 aliphatic rings. The summed E-state index contributed by atoms with van der Waals surface area (Å²) in [6.07, 6.45) is 2.57. The molecule has 2 heterocycles. The van der Waals surface area contributed by atoms with Crippen molar-refractivity contribution in [3.05, 3.63) is 35.4 Å². The summed E-state index contributed by atoms with van der Waals surface area (Å²) in [5.41, 5.74) is 7.14. The van der Waals surface area contributed by atoms with Crippen molar-refractivity contribution in [2.24, 2.45) is 16.6 Å². The average Bonchev–Trinajstić information content (AvgIpc) is 2.73. The molecule has 0 spiro atoms. The lowest BCUT2D eigenvalue weighted by molar-refractivity contribution is -0.119. The van der Waals surface area contributed by atoms with Crippen molar-refractivity contribution in [3.63, 3.8) is 0 Å². The number of nitrogens with one attached hydrogen (secondary N) is 1. The summed E-state index contributed by atoms with van der Waals surface area (Å²) in [6, 6.07) is 7.73. The minimum absolute atomic E-state index is 0.0473. The third-order valence-corrected chi connectivity index (χ3v) is 5.88. The fourth-order valence-electron chi connectivity index (χ4n) is 4.51. The lowest BCUT2D eigenvalue weighted by Crippen LogP contribution is -2.48. The van der Waals surface area contributed by atoms with Crippen molar-refractivity contribution < 1.29 is 14.3 Å². The van der Waals surface area contributed by atoms with Gasteiger partial charge in [0.05, 0.1) is 12.2 Å². The van der Waals surface area contributed by atoms with Gasteiger partial charge in [0.1, 0.15) is 0 Å². The quantitative estimate of drug-likeness (QED) is 0.547. The Balaban J connectivity index is 1.54. The number of benzene rings is 1. The van der Waals surface area contributed by atoms with Gasteiger partial charge in [0.2, 0.25) is 5.91 Å². The average molecular weight is 430 g/mol. The van der Waals surface area contributed by atoms with Crippen LogP contribution in [0.15, 0.2) is 29.3 Å². The molecule has 3 unspecified atom stereocenters. The fraction of sp³-hybridized carbons (Fsp3) is 0.609. The maximum atomic E-state index is 12.8. The molecule has 1 aromatic carbocycles. The van der Waals surface area contributed by atoms with E-state index in [-0.39, 0.29) is 29.9 Å². The molecule has 2 saturated heterocycles. The summed E-state index contributed by atoms with van der Waals surface area (Å²) >= 11 is 0. The van der Waals surface area contributed by atoms with E-state index in [0.717, 1.165) is 37.5 Å². The molecule has 3 rings (SSSR count). The lowest BCUT2D eigenvalue weighted by atomic mass is 9.95. The second kappa shape index (κ2) is 10.6. The van der Waals surface area contributed by atoms with Gasteiger partial charge in [-0.05, 0) is 50.3 Å². The van der Waals surface area contributed by atoms with Crippen LogP contribution >= 0.6 is 0 Å². The van der Waals surface area contributed by atoms with Crippen molar-refractivity contribution in [2.75, 3.05) is 33.2 Å². The number of ether oxygens (including phenoxy) is 1. The maximum Gasteiger partial charge on any atom is 0.254 e. The van der Waals surface area contributed by atoms with Gasteiger partial charge in [-0.15, -0.1) is 0 Å². The van der Waals surface area contributed by atoms with Gasteiger partial charge in [-0.2, -0.15) is 0 Å². The number of carbonyl (C=O) groups excluding carboxylic acids is 2. The molecule has 2 amide bonds. The van der Waals surface area contributed by atoms with E-state index in [1.54, 1.807) is 7.05 Å². The molecule has 8 nitrogen and oxygen atoms in total. The van der Waals surface area contributed by atoms with Gasteiger partial charge in [0, 0.05) is 51.8 Å². The van der Waals surface area contributed by atoms with Crippen molar-refractivity contribution in [1.29, 1.82) is 0 Å². The van der Waals surface area contributed by atoms with Crippen molar-refractivity contribution >= 4 is 17.8 Å². The molecular weight excluding hydrogens is 394 g/mol. The third kappa shape index (κ3) is 6.43. The van der Waals surface area contributed by atoms with Crippen molar-refractivity contribution in [2.45, 2.75) is 51.9 Å². The van der Waals surface area contributed by atoms with Crippen LogP contribution in [0.1, 0.15) is 49.0 Å². The van der Waals surface area contributed by atoms with Crippen LogP contribution in [-0.4, -0.2) is 73.0 Å². The number of likely N-dealkylation sites (tertiary alicyclic amines) is 1. The second-order valence-electron chi connectivity index (χ2n) is 8.69. The molecule has 31 heavy (non-hydrogen) atoms. The summed E-state index contributed by atoms with van der Waals surface area (Å²) in [5, 5.41) is 3.40. The second-order valence-corrected chi connectivity index (χ2v) is 8.69. The summed E-state index contributed by atoms with van der Waals surface area (Å²) in [4.78, 5) is 32.5. The molecule has 8 heteroatoms. The zero-order chi connectivity index (χ0) is 22.4. The predicted octanol–water partition coefficient (Wildman–Crippen LogP) is 1.60. The zero-order valence-corrected chi connectivity index (χ0v) is 18.8. The number of guanidine groups is 1. The largest absolute Gasteiger partial charge is 0.372 e. The first-order valence-corrected chi connectivity index (χ1v) is 11.1. The number of piperidine rings is 1. The summed E-state index contributed by atoms with van der Waals surface area (Å²) in [6.45, 7) is 7.55. The summed E-state index contributed by atoms with van der Waals surface area (Å²) in [5.74, 6) is 0.905. The Morgan fingerprint density at radius 2 is 1.81 bits per heavy atom. The van der Waals surface area contributed by atoms with E-state index in [1.807, 2.05) is 43.0 Å². The number of morpholine rings is 1. The molecule has 3 atom stereocenters. The molecule has 0 bridgehead atoms. The van der Waals surface area contributed by atoms with E-state index >= 15 is 0 Å². The van der Waals surface area contributed by atoms with Crippen molar-refractivity contribution in [1.82, 2.24) is 15.1 Å². The third-order valence-electron chi connectivity index (χ3n) is 5.88. The Labute approximate surface area is 184 Å². The highest BCUT2D eigenvalue weighted by atomic mass is 16.5. The van der Waals surface area contributed by atoms with E-state index in [4.69, 9.17) is 10.5 Å². The molecule has 3 N–H and O–H groups in total. The first-order valence-electron chi connectivity index (χ1n) is 11.1. The molecule has 170 valence electrons. The Morgan fingerprint density at radius 3 is 2.42 bits per heavy atom. The number of nitrogens with zero attached hydrogens (tertiary/aromatic N) is 3. The van der Waals surface area contributed by atoms with Gasteiger partial charge in [0.25, 0.3) is 5.91 Å². The van der Waals surface area contributed by atoms with Crippen LogP contribution in [0.3, 0.4) is 0 Å². The number of rotatable bonds is 5. The van der Waals surface area contributed by atoms with Gasteiger partial charge in [-0.3, -0.25) is 14.6 Å². The highest BCUT2D eigenvalue weighted by Crippen LogP contribution is 2.20. The Morgan fingerprint density at radius 1 is 1.13 bits per heavy atom. The Bertz CT molecular complexity index is 785. The molecular formula is C23H35N5O3. The number of hydrogen-bond donors (Lipinski definition) is 2. The topological polar surface area (TPSA) is 100 Å². The van der Waals surface area contributed by atoms with Gasteiger partial charge in [0.15, 0.2) is 5.96 Å². The predicted molar refractivity (Wildman–Crippen MR) is 121 cm³/mol. The monoisotopic (exact) mass is 429 g/mol. The van der Waals surface area contributed by atoms with Crippen LogP contribution in [0.2, 0.25) is 0 Å². The number of aliphatic imine (C=N–C) groups is 1.